The van der Waals surface area contributed by atoms with E-state index in [0.717, 1.165) is 16.9 Å². The zero-order valence-electron chi connectivity index (χ0n) is 9.45. The number of benzene rings is 1. The van der Waals surface area contributed by atoms with Crippen LogP contribution in [0.15, 0.2) is 18.2 Å². The number of nitrogen functional groups attached to an aromatic ring is 1. The van der Waals surface area contributed by atoms with E-state index in [1.165, 1.54) is 0 Å². The molecule has 0 aliphatic rings. The van der Waals surface area contributed by atoms with Crippen molar-refractivity contribution in [3.8, 4) is 0 Å². The number of hydrogen-bond acceptors (Lipinski definition) is 5. The molecule has 1 rings (SSSR count). The Morgan fingerprint density at radius 2 is 1.82 bits per heavy atom. The van der Waals surface area contributed by atoms with Gasteiger partial charge in [-0.05, 0) is 37.6 Å². The molecule has 0 aliphatic heterocycles. The van der Waals surface area contributed by atoms with Crippen molar-refractivity contribution < 1.29 is 22.6 Å². The number of rotatable bonds is 2. The van der Waals surface area contributed by atoms with Crippen molar-refractivity contribution in [2.75, 3.05) is 11.1 Å². The average molecular weight is 264 g/mol. The Morgan fingerprint density at radius 3 is 2.18 bits per heavy atom. The fourth-order valence-electron chi connectivity index (χ4n) is 1.01. The van der Waals surface area contributed by atoms with E-state index in [2.05, 4.69) is 5.32 Å². The molecule has 0 aliphatic carbocycles. The Hall–Kier alpha value is -1.35. The molecule has 8 heteroatoms. The highest BCUT2D eigenvalue weighted by molar-refractivity contribution is 7.79. The Labute approximate surface area is 99.8 Å². The minimum Gasteiger partial charge on any atom is -0.399 e. The van der Waals surface area contributed by atoms with E-state index in [4.69, 9.17) is 28.4 Å². The van der Waals surface area contributed by atoms with Gasteiger partial charge >= 0.3 is 10.4 Å². The first-order chi connectivity index (χ1) is 7.59. The molecule has 0 saturated carbocycles. The molecule has 0 fully saturated rings. The molecule has 0 heterocycles. The van der Waals surface area contributed by atoms with Crippen molar-refractivity contribution in [3.63, 3.8) is 0 Å². The van der Waals surface area contributed by atoms with Crippen molar-refractivity contribution in [1.82, 2.24) is 0 Å². The summed E-state index contributed by atoms with van der Waals surface area (Å²) in [5.74, 6) is 0. The maximum Gasteiger partial charge on any atom is 0.394 e. The molecular formula is C9H16N2O5S. The molecule has 1 aromatic carbocycles. The third-order valence-corrected chi connectivity index (χ3v) is 1.65. The highest BCUT2D eigenvalue weighted by atomic mass is 32.3. The molecule has 0 aromatic heterocycles. The van der Waals surface area contributed by atoms with Gasteiger partial charge in [0.25, 0.3) is 0 Å². The predicted octanol–water partition coefficient (Wildman–Crippen LogP) is 0.675. The van der Waals surface area contributed by atoms with Gasteiger partial charge in [-0.25, -0.2) is 0 Å². The number of nitrogens with one attached hydrogen (secondary N) is 1. The molecule has 17 heavy (non-hydrogen) atoms. The number of aliphatic hydroxyl groups excluding tert-OH is 1. The van der Waals surface area contributed by atoms with Gasteiger partial charge in [0, 0.05) is 11.4 Å². The zero-order valence-corrected chi connectivity index (χ0v) is 10.3. The first-order valence-corrected chi connectivity index (χ1v) is 6.00. The van der Waals surface area contributed by atoms with Crippen LogP contribution in [-0.2, 0) is 10.4 Å². The third-order valence-electron chi connectivity index (χ3n) is 1.65. The van der Waals surface area contributed by atoms with Crippen molar-refractivity contribution >= 4 is 21.8 Å². The Kier molecular flexibility index (Phi) is 5.89. The molecule has 0 radical (unpaired) electrons. The van der Waals surface area contributed by atoms with Crippen LogP contribution in [0.3, 0.4) is 0 Å². The summed E-state index contributed by atoms with van der Waals surface area (Å²) < 4.78 is 31.6. The largest absolute Gasteiger partial charge is 0.399 e. The second kappa shape index (κ2) is 6.40. The molecule has 98 valence electrons. The first kappa shape index (κ1) is 15.7. The van der Waals surface area contributed by atoms with E-state index < -0.39 is 16.6 Å². The molecule has 7 nitrogen and oxygen atoms in total. The third kappa shape index (κ3) is 9.57. The Morgan fingerprint density at radius 1 is 1.35 bits per heavy atom. The van der Waals surface area contributed by atoms with Gasteiger partial charge in [-0.3, -0.25) is 9.11 Å². The topological polar surface area (TPSA) is 133 Å². The van der Waals surface area contributed by atoms with Gasteiger partial charge in [0.05, 0.1) is 0 Å². The van der Waals surface area contributed by atoms with E-state index in [1.807, 2.05) is 25.1 Å². The van der Waals surface area contributed by atoms with Gasteiger partial charge in [-0.15, -0.1) is 0 Å². The molecular weight excluding hydrogens is 248 g/mol. The lowest BCUT2D eigenvalue weighted by Crippen LogP contribution is -2.13. The minimum absolute atomic E-state index is 0.534. The fraction of sp³-hybridized carbons (Fsp3) is 0.333. The number of aryl methyl sites for hydroxylation is 1. The average Bonchev–Trinajstić information content (AvgIpc) is 2.07. The van der Waals surface area contributed by atoms with Crippen molar-refractivity contribution in [2.45, 2.75) is 20.1 Å². The van der Waals surface area contributed by atoms with Gasteiger partial charge < -0.3 is 16.2 Å². The lowest BCUT2D eigenvalue weighted by atomic mass is 10.2. The van der Waals surface area contributed by atoms with Crippen LogP contribution in [0.2, 0.25) is 0 Å². The smallest absolute Gasteiger partial charge is 0.394 e. The van der Waals surface area contributed by atoms with Gasteiger partial charge in [-0.1, -0.05) is 0 Å². The molecule has 6 N–H and O–H groups in total. The van der Waals surface area contributed by atoms with Crippen LogP contribution >= 0.6 is 0 Å². The maximum atomic E-state index is 9.02. The molecule has 1 atom stereocenters. The maximum absolute atomic E-state index is 9.02. The van der Waals surface area contributed by atoms with Crippen LogP contribution in [-0.4, -0.2) is 28.9 Å². The first-order valence-electron chi connectivity index (χ1n) is 4.60. The van der Waals surface area contributed by atoms with Crippen LogP contribution in [0.4, 0.5) is 11.4 Å². The van der Waals surface area contributed by atoms with E-state index in [0.29, 0.717) is 0 Å². The molecule has 1 unspecified atom stereocenters. The highest BCUT2D eigenvalue weighted by Crippen LogP contribution is 2.16. The van der Waals surface area contributed by atoms with E-state index in [9.17, 15) is 0 Å². The Bertz CT molecular complexity index is 450. The summed E-state index contributed by atoms with van der Waals surface area (Å²) >= 11 is 0. The second-order valence-electron chi connectivity index (χ2n) is 3.34. The van der Waals surface area contributed by atoms with Crippen LogP contribution in [0.1, 0.15) is 12.5 Å². The summed E-state index contributed by atoms with van der Waals surface area (Å²) in [5.41, 5.74) is 8.30. The summed E-state index contributed by atoms with van der Waals surface area (Å²) in [6.07, 6.45) is -0.534. The summed E-state index contributed by atoms with van der Waals surface area (Å²) in [6, 6.07) is 5.57. The highest BCUT2D eigenvalue weighted by Gasteiger charge is 1.97. The van der Waals surface area contributed by atoms with Crippen LogP contribution in [0.25, 0.3) is 0 Å². The summed E-state index contributed by atoms with van der Waals surface area (Å²) in [5, 5.41) is 11.9. The Balaban J connectivity index is 0.000000437. The molecule has 0 spiro atoms. The van der Waals surface area contributed by atoms with Crippen LogP contribution in [0, 0.1) is 6.92 Å². The normalized spacial score (nSPS) is 12.3. The second-order valence-corrected chi connectivity index (χ2v) is 4.24. The number of anilines is 2. The van der Waals surface area contributed by atoms with E-state index in [-0.39, 0.29) is 0 Å². The van der Waals surface area contributed by atoms with Gasteiger partial charge in [-0.2, -0.15) is 8.42 Å². The van der Waals surface area contributed by atoms with Gasteiger partial charge in [0.15, 0.2) is 0 Å². The van der Waals surface area contributed by atoms with Crippen molar-refractivity contribution in [1.29, 1.82) is 0 Å². The van der Waals surface area contributed by atoms with Crippen LogP contribution < -0.4 is 11.1 Å². The van der Waals surface area contributed by atoms with E-state index >= 15 is 0 Å². The molecule has 0 amide bonds. The molecule has 0 bridgehead atoms. The summed E-state index contributed by atoms with van der Waals surface area (Å²) in [4.78, 5) is 0. The fourth-order valence-corrected chi connectivity index (χ4v) is 1.01. The SMILES string of the molecule is Cc1cc(NC(C)O)ccc1N.O=S(=O)(O)O. The number of hydrogen-bond donors (Lipinski definition) is 5. The summed E-state index contributed by atoms with van der Waals surface area (Å²) in [7, 11) is -4.67. The summed E-state index contributed by atoms with van der Waals surface area (Å²) in [6.45, 7) is 3.61. The van der Waals surface area contributed by atoms with Crippen molar-refractivity contribution in [2.24, 2.45) is 0 Å². The van der Waals surface area contributed by atoms with Gasteiger partial charge in [0.2, 0.25) is 0 Å². The van der Waals surface area contributed by atoms with E-state index in [1.54, 1.807) is 6.92 Å². The minimum atomic E-state index is -4.67. The number of nitrogens with two attached hydrogens (primary N) is 1. The predicted molar refractivity (Wildman–Crippen MR) is 65.1 cm³/mol. The lowest BCUT2D eigenvalue weighted by molar-refractivity contribution is 0.224. The molecule has 1 aromatic rings. The monoisotopic (exact) mass is 264 g/mol. The van der Waals surface area contributed by atoms with Gasteiger partial charge in [0.1, 0.15) is 6.23 Å². The standard InChI is InChI=1S/C9H14N2O.H2O4S/c1-6-5-8(11-7(2)12)3-4-9(6)10;1-5(2,3)4/h3-5,7,11-12H,10H2,1-2H3;(H2,1,2,3,4). The number of aliphatic hydroxyl groups is 1. The lowest BCUT2D eigenvalue weighted by Gasteiger charge is -2.10. The quantitative estimate of drug-likeness (QED) is 0.301. The molecule has 0 saturated heterocycles. The van der Waals surface area contributed by atoms with Crippen LogP contribution in [0.5, 0.6) is 0 Å². The van der Waals surface area contributed by atoms with Crippen molar-refractivity contribution in [3.05, 3.63) is 23.8 Å². The zero-order chi connectivity index (χ0) is 13.6.